The second-order valence-electron chi connectivity index (χ2n) is 4.50. The summed E-state index contributed by atoms with van der Waals surface area (Å²) in [6.07, 6.45) is 0.326. The summed E-state index contributed by atoms with van der Waals surface area (Å²) in [5.41, 5.74) is 6.57. The minimum atomic E-state index is -3.09. The van der Waals surface area contributed by atoms with Crippen LogP contribution in [0.1, 0.15) is 12.5 Å². The third-order valence-electron chi connectivity index (χ3n) is 2.88. The van der Waals surface area contributed by atoms with Crippen LogP contribution >= 0.6 is 0 Å². The summed E-state index contributed by atoms with van der Waals surface area (Å²) in [4.78, 5) is 11.7. The molecule has 0 heterocycles. The molecule has 1 atom stereocenters. The van der Waals surface area contributed by atoms with Crippen molar-refractivity contribution in [1.29, 1.82) is 0 Å². The monoisotopic (exact) mass is 300 g/mol. The summed E-state index contributed by atoms with van der Waals surface area (Å²) in [6, 6.07) is 5.67. The highest BCUT2D eigenvalue weighted by atomic mass is 32.2. The number of carbonyl (C=O) groups excluding carboxylic acids is 1. The van der Waals surface area contributed by atoms with Gasteiger partial charge in [-0.1, -0.05) is 19.1 Å². The predicted octanol–water partition coefficient (Wildman–Crippen LogP) is -0.187. The van der Waals surface area contributed by atoms with E-state index in [0.717, 1.165) is 5.56 Å². The number of phenols is 1. The molecule has 0 fully saturated rings. The lowest BCUT2D eigenvalue weighted by molar-refractivity contribution is -0.122. The number of amides is 1. The van der Waals surface area contributed by atoms with Crippen molar-refractivity contribution in [1.82, 2.24) is 5.32 Å². The van der Waals surface area contributed by atoms with Gasteiger partial charge in [0.25, 0.3) is 0 Å². The van der Waals surface area contributed by atoms with Gasteiger partial charge in [-0.25, -0.2) is 8.42 Å². The summed E-state index contributed by atoms with van der Waals surface area (Å²) in [5.74, 6) is -0.259. The van der Waals surface area contributed by atoms with Gasteiger partial charge in [-0.3, -0.25) is 4.79 Å². The van der Waals surface area contributed by atoms with Gasteiger partial charge in [0.15, 0.2) is 9.84 Å². The molecular formula is C13H20N2O4S. The minimum absolute atomic E-state index is 0.0580. The Morgan fingerprint density at radius 1 is 1.35 bits per heavy atom. The van der Waals surface area contributed by atoms with Crippen LogP contribution in [0.25, 0.3) is 0 Å². The van der Waals surface area contributed by atoms with E-state index in [0.29, 0.717) is 6.42 Å². The van der Waals surface area contributed by atoms with Crippen molar-refractivity contribution >= 4 is 15.7 Å². The fourth-order valence-electron chi connectivity index (χ4n) is 1.58. The molecule has 7 heteroatoms. The second kappa shape index (κ2) is 7.25. The quantitative estimate of drug-likeness (QED) is 0.647. The first-order valence-corrected chi connectivity index (χ1v) is 8.18. The number of nitrogens with one attached hydrogen (secondary N) is 1. The SMILES string of the molecule is CCS(=O)(=O)CCNC(=O)[C@H](N)Cc1ccc(O)cc1. The molecule has 0 saturated heterocycles. The first-order valence-electron chi connectivity index (χ1n) is 6.35. The van der Waals surface area contributed by atoms with E-state index in [1.807, 2.05) is 0 Å². The molecule has 1 aromatic carbocycles. The van der Waals surface area contributed by atoms with Crippen LogP contribution in [0.3, 0.4) is 0 Å². The zero-order valence-corrected chi connectivity index (χ0v) is 12.2. The summed E-state index contributed by atoms with van der Waals surface area (Å²) >= 11 is 0. The van der Waals surface area contributed by atoms with E-state index in [9.17, 15) is 13.2 Å². The first kappa shape index (κ1) is 16.5. The van der Waals surface area contributed by atoms with Crippen LogP contribution in [-0.2, 0) is 21.1 Å². The zero-order valence-electron chi connectivity index (χ0n) is 11.4. The van der Waals surface area contributed by atoms with Crippen LogP contribution in [0.5, 0.6) is 5.75 Å². The molecule has 1 rings (SSSR count). The van der Waals surface area contributed by atoms with Crippen molar-refractivity contribution in [2.45, 2.75) is 19.4 Å². The molecule has 0 radical (unpaired) electrons. The van der Waals surface area contributed by atoms with Gasteiger partial charge in [0.1, 0.15) is 5.75 Å². The number of benzene rings is 1. The Morgan fingerprint density at radius 3 is 2.50 bits per heavy atom. The molecule has 0 bridgehead atoms. The number of rotatable bonds is 7. The third-order valence-corrected chi connectivity index (χ3v) is 4.59. The van der Waals surface area contributed by atoms with E-state index in [2.05, 4.69) is 5.32 Å². The van der Waals surface area contributed by atoms with E-state index in [1.165, 1.54) is 12.1 Å². The second-order valence-corrected chi connectivity index (χ2v) is 6.98. The fourth-order valence-corrected chi connectivity index (χ4v) is 2.29. The van der Waals surface area contributed by atoms with Gasteiger partial charge in [0.2, 0.25) is 5.91 Å². The lowest BCUT2D eigenvalue weighted by atomic mass is 10.1. The van der Waals surface area contributed by atoms with Crippen molar-refractivity contribution in [2.75, 3.05) is 18.1 Å². The molecule has 0 spiro atoms. The summed E-state index contributed by atoms with van der Waals surface area (Å²) in [5, 5.41) is 11.7. The normalized spacial score (nSPS) is 12.9. The van der Waals surface area contributed by atoms with E-state index in [-0.39, 0.29) is 29.7 Å². The molecule has 0 unspecified atom stereocenters. The first-order chi connectivity index (χ1) is 9.34. The van der Waals surface area contributed by atoms with Gasteiger partial charge in [0.05, 0.1) is 11.8 Å². The molecule has 0 saturated carbocycles. The molecule has 1 amide bonds. The fraction of sp³-hybridized carbons (Fsp3) is 0.462. The van der Waals surface area contributed by atoms with E-state index in [4.69, 9.17) is 10.8 Å². The highest BCUT2D eigenvalue weighted by molar-refractivity contribution is 7.91. The smallest absolute Gasteiger partial charge is 0.237 e. The van der Waals surface area contributed by atoms with Gasteiger partial charge in [-0.15, -0.1) is 0 Å². The number of phenolic OH excluding ortho intramolecular Hbond substituents is 1. The van der Waals surface area contributed by atoms with Crippen LogP contribution in [0.2, 0.25) is 0 Å². The highest BCUT2D eigenvalue weighted by Gasteiger charge is 2.15. The van der Waals surface area contributed by atoms with Crippen LogP contribution < -0.4 is 11.1 Å². The third kappa shape index (κ3) is 5.58. The van der Waals surface area contributed by atoms with Crippen molar-refractivity contribution in [3.8, 4) is 5.75 Å². The van der Waals surface area contributed by atoms with Gasteiger partial charge >= 0.3 is 0 Å². The highest BCUT2D eigenvalue weighted by Crippen LogP contribution is 2.10. The topological polar surface area (TPSA) is 109 Å². The Kier molecular flexibility index (Phi) is 5.97. The Morgan fingerprint density at radius 2 is 1.95 bits per heavy atom. The van der Waals surface area contributed by atoms with Crippen molar-refractivity contribution < 1.29 is 18.3 Å². The minimum Gasteiger partial charge on any atom is -0.508 e. The zero-order chi connectivity index (χ0) is 15.2. The molecule has 4 N–H and O–H groups in total. The summed E-state index contributed by atoms with van der Waals surface area (Å²) in [6.45, 7) is 1.63. The molecule has 20 heavy (non-hydrogen) atoms. The van der Waals surface area contributed by atoms with Gasteiger partial charge in [-0.05, 0) is 24.1 Å². The molecule has 0 aromatic heterocycles. The lowest BCUT2D eigenvalue weighted by Crippen LogP contribution is -2.43. The van der Waals surface area contributed by atoms with Gasteiger partial charge in [0, 0.05) is 12.3 Å². The molecular weight excluding hydrogens is 280 g/mol. The maximum absolute atomic E-state index is 11.7. The van der Waals surface area contributed by atoms with Crippen LogP contribution in [0.4, 0.5) is 0 Å². The maximum Gasteiger partial charge on any atom is 0.237 e. The number of hydrogen-bond donors (Lipinski definition) is 3. The van der Waals surface area contributed by atoms with E-state index in [1.54, 1.807) is 19.1 Å². The molecule has 0 aliphatic heterocycles. The molecule has 1 aromatic rings. The number of hydrogen-bond acceptors (Lipinski definition) is 5. The van der Waals surface area contributed by atoms with Crippen molar-refractivity contribution in [2.24, 2.45) is 5.73 Å². The lowest BCUT2D eigenvalue weighted by Gasteiger charge is -2.12. The van der Waals surface area contributed by atoms with Crippen molar-refractivity contribution in [3.05, 3.63) is 29.8 Å². The van der Waals surface area contributed by atoms with Gasteiger partial charge < -0.3 is 16.2 Å². The Labute approximate surface area is 118 Å². The maximum atomic E-state index is 11.7. The summed E-state index contributed by atoms with van der Waals surface area (Å²) in [7, 11) is -3.09. The standard InChI is InChI=1S/C13H20N2O4S/c1-2-20(18,19)8-7-15-13(17)12(14)9-10-3-5-11(16)6-4-10/h3-6,12,16H,2,7-9,14H2,1H3,(H,15,17)/t12-/m1/s1. The van der Waals surface area contributed by atoms with E-state index >= 15 is 0 Å². The number of carbonyl (C=O) groups is 1. The van der Waals surface area contributed by atoms with Crippen LogP contribution in [0, 0.1) is 0 Å². The van der Waals surface area contributed by atoms with E-state index < -0.39 is 15.9 Å². The number of sulfone groups is 1. The van der Waals surface area contributed by atoms with Gasteiger partial charge in [-0.2, -0.15) is 0 Å². The number of nitrogens with two attached hydrogens (primary N) is 1. The van der Waals surface area contributed by atoms with Crippen LogP contribution in [-0.4, -0.2) is 43.5 Å². The molecule has 0 aliphatic rings. The Bertz CT molecular complexity index is 540. The molecule has 6 nitrogen and oxygen atoms in total. The summed E-state index contributed by atoms with van der Waals surface area (Å²) < 4.78 is 22.5. The molecule has 0 aliphatic carbocycles. The molecule has 112 valence electrons. The number of aromatic hydroxyl groups is 1. The largest absolute Gasteiger partial charge is 0.508 e. The predicted molar refractivity (Wildman–Crippen MR) is 77.1 cm³/mol. The van der Waals surface area contributed by atoms with Crippen LogP contribution in [0.15, 0.2) is 24.3 Å². The van der Waals surface area contributed by atoms with Crippen molar-refractivity contribution in [3.63, 3.8) is 0 Å². The Balaban J connectivity index is 2.41. The average Bonchev–Trinajstić information content (AvgIpc) is 2.41. The average molecular weight is 300 g/mol. The Hall–Kier alpha value is -1.60.